The average molecular weight is 419 g/mol. The van der Waals surface area contributed by atoms with Crippen molar-refractivity contribution in [1.82, 2.24) is 5.32 Å². The Labute approximate surface area is 172 Å². The van der Waals surface area contributed by atoms with E-state index in [1.807, 2.05) is 0 Å². The second-order valence-corrected chi connectivity index (χ2v) is 7.01. The highest BCUT2D eigenvalue weighted by atomic mass is 35.5. The molecule has 0 aromatic heterocycles. The Morgan fingerprint density at radius 3 is 2.76 bits per heavy atom. The summed E-state index contributed by atoms with van der Waals surface area (Å²) in [4.78, 5) is 24.8. The third-order valence-corrected chi connectivity index (χ3v) is 4.86. The zero-order chi connectivity index (χ0) is 21.0. The number of nitrogens with one attached hydrogen (secondary N) is 2. The predicted molar refractivity (Wildman–Crippen MR) is 107 cm³/mol. The van der Waals surface area contributed by atoms with Crippen LogP contribution in [-0.4, -0.2) is 30.1 Å². The monoisotopic (exact) mass is 418 g/mol. The Morgan fingerprint density at radius 1 is 1.34 bits per heavy atom. The average Bonchev–Trinajstić information content (AvgIpc) is 2.69. The van der Waals surface area contributed by atoms with Crippen LogP contribution in [0.2, 0.25) is 5.02 Å². The molecule has 0 fully saturated rings. The van der Waals surface area contributed by atoms with Crippen LogP contribution in [0.1, 0.15) is 23.5 Å². The van der Waals surface area contributed by atoms with E-state index in [0.717, 1.165) is 5.56 Å². The molecule has 0 saturated carbocycles. The van der Waals surface area contributed by atoms with E-state index in [1.165, 1.54) is 18.3 Å². The summed E-state index contributed by atoms with van der Waals surface area (Å²) in [5, 5.41) is 14.7. The van der Waals surface area contributed by atoms with E-state index in [2.05, 4.69) is 10.6 Å². The number of ether oxygens (including phenoxy) is 1. The first kappa shape index (κ1) is 20.8. The fraction of sp³-hybridized carbons (Fsp3) is 0.238. The molecule has 2 amide bonds. The van der Waals surface area contributed by atoms with Gasteiger partial charge in [-0.15, -0.1) is 0 Å². The molecule has 29 heavy (non-hydrogen) atoms. The van der Waals surface area contributed by atoms with Gasteiger partial charge in [-0.1, -0.05) is 23.7 Å². The van der Waals surface area contributed by atoms with E-state index in [-0.39, 0.29) is 25.5 Å². The van der Waals surface area contributed by atoms with E-state index >= 15 is 0 Å². The molecule has 152 valence electrons. The highest BCUT2D eigenvalue weighted by Crippen LogP contribution is 2.34. The number of halogens is 2. The molecule has 1 aliphatic heterocycles. The van der Waals surface area contributed by atoms with Crippen LogP contribution in [0.4, 0.5) is 10.1 Å². The number of amides is 2. The van der Waals surface area contributed by atoms with Crippen molar-refractivity contribution < 1.29 is 23.8 Å². The van der Waals surface area contributed by atoms with Gasteiger partial charge in [0.25, 0.3) is 5.91 Å². The number of anilines is 1. The maximum Gasteiger partial charge on any atom is 0.253 e. The first-order valence-electron chi connectivity index (χ1n) is 8.99. The van der Waals surface area contributed by atoms with Gasteiger partial charge in [-0.3, -0.25) is 9.59 Å². The van der Waals surface area contributed by atoms with Crippen molar-refractivity contribution in [2.45, 2.75) is 19.3 Å². The summed E-state index contributed by atoms with van der Waals surface area (Å²) in [6, 6.07) is 8.96. The summed E-state index contributed by atoms with van der Waals surface area (Å²) in [6.07, 6.45) is 1.46. The lowest BCUT2D eigenvalue weighted by Crippen LogP contribution is -2.32. The van der Waals surface area contributed by atoms with Gasteiger partial charge in [0, 0.05) is 35.9 Å². The van der Waals surface area contributed by atoms with E-state index in [0.29, 0.717) is 27.6 Å². The number of carbonyl (C=O) groups excluding carboxylic acids is 2. The molecule has 3 N–H and O–H groups in total. The summed E-state index contributed by atoms with van der Waals surface area (Å²) >= 11 is 6.15. The van der Waals surface area contributed by atoms with Crippen LogP contribution in [0.25, 0.3) is 0 Å². The van der Waals surface area contributed by atoms with Gasteiger partial charge in [0.15, 0.2) is 0 Å². The van der Waals surface area contributed by atoms with Crippen molar-refractivity contribution in [1.29, 1.82) is 0 Å². The van der Waals surface area contributed by atoms with E-state index in [4.69, 9.17) is 21.4 Å². The van der Waals surface area contributed by atoms with Crippen molar-refractivity contribution in [2.75, 3.05) is 18.5 Å². The molecule has 6 nitrogen and oxygen atoms in total. The van der Waals surface area contributed by atoms with Crippen LogP contribution < -0.4 is 15.4 Å². The predicted octanol–water partition coefficient (Wildman–Crippen LogP) is 3.28. The molecular weight excluding hydrogens is 399 g/mol. The van der Waals surface area contributed by atoms with Gasteiger partial charge in [0.05, 0.1) is 11.6 Å². The molecule has 8 heteroatoms. The number of benzene rings is 2. The smallest absolute Gasteiger partial charge is 0.253 e. The zero-order valence-corrected chi connectivity index (χ0v) is 16.4. The topological polar surface area (TPSA) is 87.7 Å². The Bertz CT molecular complexity index is 960. The summed E-state index contributed by atoms with van der Waals surface area (Å²) in [5.41, 5.74) is 2.23. The second kappa shape index (κ2) is 9.07. The molecule has 0 bridgehead atoms. The van der Waals surface area contributed by atoms with Crippen LogP contribution >= 0.6 is 11.6 Å². The Balaban J connectivity index is 1.86. The van der Waals surface area contributed by atoms with Crippen molar-refractivity contribution in [3.63, 3.8) is 0 Å². The van der Waals surface area contributed by atoms with E-state index < -0.39 is 17.6 Å². The van der Waals surface area contributed by atoms with Gasteiger partial charge in [0.2, 0.25) is 5.91 Å². The van der Waals surface area contributed by atoms with Crippen LogP contribution in [0, 0.1) is 12.7 Å². The molecular formula is C21H20ClFN2O4. The van der Waals surface area contributed by atoms with Crippen LogP contribution in [-0.2, 0) is 9.59 Å². The maximum absolute atomic E-state index is 13.3. The number of aryl methyl sites for hydroxylation is 1. The first-order chi connectivity index (χ1) is 13.9. The molecule has 0 saturated heterocycles. The minimum atomic E-state index is -0.498. The summed E-state index contributed by atoms with van der Waals surface area (Å²) in [6.45, 7) is 1.68. The lowest BCUT2D eigenvalue weighted by molar-refractivity contribution is -0.121. The third-order valence-electron chi connectivity index (χ3n) is 4.56. The highest BCUT2D eigenvalue weighted by Gasteiger charge is 2.29. The molecule has 0 aliphatic carbocycles. The SMILES string of the molecule is Cc1cc(Cl)c(OCCO)cc1NC(=O)C1=CNC(=O)CC1c1ccc(F)cc1. The van der Waals surface area contributed by atoms with Crippen molar-refractivity contribution >= 4 is 29.1 Å². The fourth-order valence-corrected chi connectivity index (χ4v) is 3.35. The van der Waals surface area contributed by atoms with Gasteiger partial charge in [-0.2, -0.15) is 0 Å². The number of aliphatic hydroxyl groups is 1. The minimum Gasteiger partial charge on any atom is -0.490 e. The Morgan fingerprint density at radius 2 is 2.07 bits per heavy atom. The summed E-state index contributed by atoms with van der Waals surface area (Å²) < 4.78 is 18.6. The molecule has 1 aliphatic rings. The highest BCUT2D eigenvalue weighted by molar-refractivity contribution is 6.32. The molecule has 1 atom stereocenters. The normalized spacial score (nSPS) is 16.1. The number of hydrogen-bond acceptors (Lipinski definition) is 4. The van der Waals surface area contributed by atoms with Crippen LogP contribution in [0.15, 0.2) is 48.2 Å². The lowest BCUT2D eigenvalue weighted by atomic mass is 9.86. The molecule has 0 radical (unpaired) electrons. The molecule has 2 aromatic carbocycles. The van der Waals surface area contributed by atoms with Crippen LogP contribution in [0.3, 0.4) is 0 Å². The molecule has 0 spiro atoms. The standard InChI is InChI=1S/C21H20ClFN2O4/c1-12-8-17(22)19(29-7-6-26)10-18(12)25-21(28)16-11-24-20(27)9-15(16)13-2-4-14(23)5-3-13/h2-5,8,10-11,15,26H,6-7,9H2,1H3,(H,24,27)(H,25,28). The minimum absolute atomic E-state index is 0.0694. The largest absolute Gasteiger partial charge is 0.490 e. The number of aliphatic hydroxyl groups excluding tert-OH is 1. The third kappa shape index (κ3) is 4.93. The van der Waals surface area contributed by atoms with Gasteiger partial charge in [-0.05, 0) is 36.2 Å². The zero-order valence-electron chi connectivity index (χ0n) is 15.7. The van der Waals surface area contributed by atoms with Crippen molar-refractivity contribution in [2.24, 2.45) is 0 Å². The summed E-state index contributed by atoms with van der Waals surface area (Å²) in [7, 11) is 0. The van der Waals surface area contributed by atoms with Gasteiger partial charge >= 0.3 is 0 Å². The van der Waals surface area contributed by atoms with E-state index in [1.54, 1.807) is 31.2 Å². The Hall–Kier alpha value is -2.90. The van der Waals surface area contributed by atoms with Crippen LogP contribution in [0.5, 0.6) is 5.75 Å². The maximum atomic E-state index is 13.3. The molecule has 1 unspecified atom stereocenters. The van der Waals surface area contributed by atoms with Gasteiger partial charge in [0.1, 0.15) is 18.2 Å². The fourth-order valence-electron chi connectivity index (χ4n) is 3.08. The number of carbonyl (C=O) groups is 2. The first-order valence-corrected chi connectivity index (χ1v) is 9.37. The Kier molecular flexibility index (Phi) is 6.51. The molecule has 3 rings (SSSR count). The van der Waals surface area contributed by atoms with Gasteiger partial charge < -0.3 is 20.5 Å². The second-order valence-electron chi connectivity index (χ2n) is 6.60. The quantitative estimate of drug-likeness (QED) is 0.671. The molecule has 1 heterocycles. The van der Waals surface area contributed by atoms with Gasteiger partial charge in [-0.25, -0.2) is 4.39 Å². The van der Waals surface area contributed by atoms with Crippen molar-refractivity contribution in [3.05, 3.63) is 70.1 Å². The molecule has 2 aromatic rings. The number of rotatable bonds is 6. The lowest BCUT2D eigenvalue weighted by Gasteiger charge is -2.24. The number of hydrogen-bond donors (Lipinski definition) is 3. The van der Waals surface area contributed by atoms with E-state index in [9.17, 15) is 14.0 Å². The summed E-state index contributed by atoms with van der Waals surface area (Å²) in [5.74, 6) is -1.18. The van der Waals surface area contributed by atoms with Crippen molar-refractivity contribution in [3.8, 4) is 5.75 Å².